The van der Waals surface area contributed by atoms with Crippen LogP contribution in [0.3, 0.4) is 0 Å². The van der Waals surface area contributed by atoms with Crippen LogP contribution >= 0.6 is 12.2 Å². The number of hydrogen-bond acceptors (Lipinski definition) is 5. The van der Waals surface area contributed by atoms with E-state index in [1.807, 2.05) is 4.90 Å². The molecule has 0 bridgehead atoms. The van der Waals surface area contributed by atoms with Crippen LogP contribution in [-0.2, 0) is 19.1 Å². The van der Waals surface area contributed by atoms with E-state index in [0.717, 1.165) is 29.8 Å². The molecule has 30 heavy (non-hydrogen) atoms. The number of nitrogens with zero attached hydrogens (tertiary/aromatic N) is 3. The summed E-state index contributed by atoms with van der Waals surface area (Å²) in [4.78, 5) is 26.1. The first-order valence-electron chi connectivity index (χ1n) is 9.06. The third-order valence-corrected chi connectivity index (χ3v) is 4.96. The van der Waals surface area contributed by atoms with Gasteiger partial charge in [-0.3, -0.25) is 4.79 Å². The molecule has 0 unspecified atom stereocenters. The Kier molecular flexibility index (Phi) is 5.25. The first kappa shape index (κ1) is 20.0. The lowest BCUT2D eigenvalue weighted by Crippen LogP contribution is -2.32. The zero-order valence-corrected chi connectivity index (χ0v) is 16.3. The van der Waals surface area contributed by atoms with E-state index in [9.17, 15) is 18.0 Å². The maximum atomic E-state index is 12.9. The summed E-state index contributed by atoms with van der Waals surface area (Å²) < 4.78 is 39.1. The highest BCUT2D eigenvalue weighted by Gasteiger charge is 2.30. The standard InChI is InChI=1S/C20H16F3N5OS/c21-20(22,23)14-2-1-3-15(9-14)26-18(29)12-4-6-24-17(8-12)28-7-5-16-13(11-28)10-25-19(30)27-16/h1-4,6,8-10H,5,7,11H2,(H,26,29)(H,25,27,30). The van der Waals surface area contributed by atoms with Crippen molar-refractivity contribution in [1.82, 2.24) is 15.0 Å². The fourth-order valence-corrected chi connectivity index (χ4v) is 3.43. The average Bonchev–Trinajstić information content (AvgIpc) is 2.73. The molecule has 1 aliphatic rings. The van der Waals surface area contributed by atoms with Crippen LogP contribution in [-0.4, -0.2) is 27.4 Å². The van der Waals surface area contributed by atoms with Crippen molar-refractivity contribution in [2.45, 2.75) is 19.1 Å². The van der Waals surface area contributed by atoms with Crippen molar-refractivity contribution in [3.63, 3.8) is 0 Å². The maximum absolute atomic E-state index is 12.9. The van der Waals surface area contributed by atoms with Gasteiger partial charge in [0.15, 0.2) is 4.77 Å². The predicted octanol–water partition coefficient (Wildman–Crippen LogP) is 4.37. The lowest BCUT2D eigenvalue weighted by molar-refractivity contribution is -0.137. The molecule has 0 saturated heterocycles. The monoisotopic (exact) mass is 431 g/mol. The van der Waals surface area contributed by atoms with Gasteiger partial charge in [-0.05, 0) is 42.5 Å². The van der Waals surface area contributed by atoms with Crippen molar-refractivity contribution in [1.29, 1.82) is 0 Å². The number of amides is 1. The highest BCUT2D eigenvalue weighted by molar-refractivity contribution is 7.71. The Bertz CT molecular complexity index is 1160. The van der Waals surface area contributed by atoms with Crippen LogP contribution in [0.5, 0.6) is 0 Å². The minimum atomic E-state index is -4.48. The Morgan fingerprint density at radius 2 is 2.03 bits per heavy atom. The minimum absolute atomic E-state index is 0.0708. The molecule has 1 amide bonds. The normalized spacial score (nSPS) is 13.6. The summed E-state index contributed by atoms with van der Waals surface area (Å²) in [5.41, 5.74) is 1.57. The summed E-state index contributed by atoms with van der Waals surface area (Å²) in [5.74, 6) is 0.0842. The fourth-order valence-electron chi connectivity index (χ4n) is 3.25. The van der Waals surface area contributed by atoms with Gasteiger partial charge in [0.1, 0.15) is 5.82 Å². The number of H-pyrrole nitrogens is 1. The van der Waals surface area contributed by atoms with Gasteiger partial charge in [-0.1, -0.05) is 6.07 Å². The number of alkyl halides is 3. The molecule has 0 aliphatic carbocycles. The van der Waals surface area contributed by atoms with Crippen LogP contribution in [0.2, 0.25) is 0 Å². The SMILES string of the molecule is O=C(Nc1cccc(C(F)(F)F)c1)c1ccnc(N2CCc3[nH]c(=S)ncc3C2)c1. The molecule has 0 radical (unpaired) electrons. The first-order valence-corrected chi connectivity index (χ1v) is 9.47. The first-order chi connectivity index (χ1) is 14.3. The quantitative estimate of drug-likeness (QED) is 0.603. The number of anilines is 2. The number of carbonyl (C=O) groups excluding carboxylic acids is 1. The summed E-state index contributed by atoms with van der Waals surface area (Å²) in [5, 5.41) is 2.51. The molecule has 2 N–H and O–H groups in total. The van der Waals surface area contributed by atoms with Crippen LogP contribution in [0.4, 0.5) is 24.7 Å². The molecule has 0 fully saturated rings. The molecule has 154 valence electrons. The number of pyridine rings is 1. The van der Waals surface area contributed by atoms with E-state index in [-0.39, 0.29) is 5.69 Å². The molecule has 1 aliphatic heterocycles. The van der Waals surface area contributed by atoms with E-state index in [2.05, 4.69) is 20.3 Å². The third kappa shape index (κ3) is 4.33. The second-order valence-corrected chi connectivity index (χ2v) is 7.19. The smallest absolute Gasteiger partial charge is 0.352 e. The van der Waals surface area contributed by atoms with Crippen LogP contribution in [0.15, 0.2) is 48.8 Å². The molecule has 0 spiro atoms. The largest absolute Gasteiger partial charge is 0.416 e. The highest BCUT2D eigenvalue weighted by atomic mass is 32.1. The van der Waals surface area contributed by atoms with Crippen molar-refractivity contribution in [2.75, 3.05) is 16.8 Å². The molecular weight excluding hydrogens is 415 g/mol. The Labute approximate surface area is 174 Å². The van der Waals surface area contributed by atoms with E-state index in [4.69, 9.17) is 12.2 Å². The average molecular weight is 431 g/mol. The molecule has 1 aromatic carbocycles. The number of aromatic nitrogens is 3. The molecule has 3 heterocycles. The Balaban J connectivity index is 1.52. The number of aromatic amines is 1. The lowest BCUT2D eigenvalue weighted by Gasteiger charge is -2.29. The lowest BCUT2D eigenvalue weighted by atomic mass is 10.1. The summed E-state index contributed by atoms with van der Waals surface area (Å²) in [6.07, 6.45) is -0.523. The van der Waals surface area contributed by atoms with Gasteiger partial charge >= 0.3 is 6.18 Å². The molecule has 10 heteroatoms. The molecule has 6 nitrogen and oxygen atoms in total. The highest BCUT2D eigenvalue weighted by Crippen LogP contribution is 2.31. The van der Waals surface area contributed by atoms with Gasteiger partial charge in [0.25, 0.3) is 5.91 Å². The molecule has 4 rings (SSSR count). The fraction of sp³-hybridized carbons (Fsp3) is 0.200. The predicted molar refractivity (Wildman–Crippen MR) is 108 cm³/mol. The van der Waals surface area contributed by atoms with Crippen LogP contribution in [0.1, 0.15) is 27.2 Å². The Morgan fingerprint density at radius 1 is 1.20 bits per heavy atom. The second kappa shape index (κ2) is 7.86. The molecule has 0 atom stereocenters. The number of nitrogens with one attached hydrogen (secondary N) is 2. The third-order valence-electron chi connectivity index (χ3n) is 4.76. The van der Waals surface area contributed by atoms with E-state index < -0.39 is 17.6 Å². The van der Waals surface area contributed by atoms with E-state index in [1.165, 1.54) is 24.4 Å². The number of fused-ring (bicyclic) bond motifs is 1. The number of rotatable bonds is 3. The van der Waals surface area contributed by atoms with Crippen molar-refractivity contribution < 1.29 is 18.0 Å². The van der Waals surface area contributed by atoms with Crippen LogP contribution < -0.4 is 10.2 Å². The molecular formula is C20H16F3N5OS. The summed E-state index contributed by atoms with van der Waals surface area (Å²) in [6.45, 7) is 1.23. The summed E-state index contributed by atoms with van der Waals surface area (Å²) >= 11 is 5.05. The van der Waals surface area contributed by atoms with Crippen LogP contribution in [0.25, 0.3) is 0 Å². The number of carbonyl (C=O) groups is 1. The molecule has 2 aromatic heterocycles. The van der Waals surface area contributed by atoms with Gasteiger partial charge < -0.3 is 15.2 Å². The summed E-state index contributed by atoms with van der Waals surface area (Å²) in [6, 6.07) is 7.65. The topological polar surface area (TPSA) is 73.9 Å². The van der Waals surface area contributed by atoms with Crippen molar-refractivity contribution >= 4 is 29.6 Å². The number of benzene rings is 1. The van der Waals surface area contributed by atoms with E-state index in [1.54, 1.807) is 12.3 Å². The Hall–Kier alpha value is -3.27. The van der Waals surface area contributed by atoms with Crippen molar-refractivity contribution in [3.8, 4) is 0 Å². The van der Waals surface area contributed by atoms with Gasteiger partial charge in [0.2, 0.25) is 0 Å². The molecule has 3 aromatic rings. The molecule has 0 saturated carbocycles. The van der Waals surface area contributed by atoms with E-state index in [0.29, 0.717) is 29.2 Å². The van der Waals surface area contributed by atoms with Gasteiger partial charge in [-0.15, -0.1) is 0 Å². The number of halogens is 3. The Morgan fingerprint density at radius 3 is 2.83 bits per heavy atom. The van der Waals surface area contributed by atoms with Gasteiger partial charge in [-0.25, -0.2) is 9.97 Å². The van der Waals surface area contributed by atoms with Gasteiger partial charge in [0, 0.05) is 54.4 Å². The van der Waals surface area contributed by atoms with Crippen molar-refractivity contribution in [2.24, 2.45) is 0 Å². The van der Waals surface area contributed by atoms with Crippen molar-refractivity contribution in [3.05, 3.63) is 75.9 Å². The summed E-state index contributed by atoms with van der Waals surface area (Å²) in [7, 11) is 0. The van der Waals surface area contributed by atoms with Crippen LogP contribution in [0, 0.1) is 4.77 Å². The zero-order chi connectivity index (χ0) is 21.3. The zero-order valence-electron chi connectivity index (χ0n) is 15.5. The van der Waals surface area contributed by atoms with Gasteiger partial charge in [0.05, 0.1) is 5.56 Å². The minimum Gasteiger partial charge on any atom is -0.352 e. The second-order valence-electron chi connectivity index (χ2n) is 6.80. The van der Waals surface area contributed by atoms with E-state index >= 15 is 0 Å². The maximum Gasteiger partial charge on any atom is 0.416 e. The van der Waals surface area contributed by atoms with Gasteiger partial charge in [-0.2, -0.15) is 13.2 Å². The number of hydrogen-bond donors (Lipinski definition) is 2.